The van der Waals surface area contributed by atoms with Crippen LogP contribution in [0.3, 0.4) is 0 Å². The fourth-order valence-electron chi connectivity index (χ4n) is 3.02. The number of carboxylic acids is 1. The summed E-state index contributed by atoms with van der Waals surface area (Å²) in [6.07, 6.45) is 1.69. The fourth-order valence-corrected chi connectivity index (χ4v) is 3.02. The second kappa shape index (κ2) is 8.56. The molecular weight excluding hydrogens is 388 g/mol. The van der Waals surface area contributed by atoms with Gasteiger partial charge >= 0.3 is 5.97 Å². The Kier molecular flexibility index (Phi) is 6.09. The Morgan fingerprint density at radius 1 is 1.23 bits per heavy atom. The molecule has 0 atom stereocenters. The van der Waals surface area contributed by atoms with E-state index in [1.807, 2.05) is 0 Å². The Morgan fingerprint density at radius 3 is 2.53 bits per heavy atom. The van der Waals surface area contributed by atoms with Crippen molar-refractivity contribution in [1.29, 1.82) is 0 Å². The van der Waals surface area contributed by atoms with Gasteiger partial charge in [-0.3, -0.25) is 14.5 Å². The average Bonchev–Trinajstić information content (AvgIpc) is 3.08. The van der Waals surface area contributed by atoms with Gasteiger partial charge in [-0.1, -0.05) is 13.3 Å². The van der Waals surface area contributed by atoms with Crippen molar-refractivity contribution in [2.24, 2.45) is 0 Å². The topological polar surface area (TPSA) is 119 Å². The standard InChI is InChI=1S/C21H26N4O5/c1-5-6-16-17-18(24-23-16)19(26)25(13(2)22-17)11-12-29-14-7-9-15(10-8-14)30-21(3,4)20(27)28/h7-10H,5-6,11-12H2,1-4H3,(H,23,24)(H,27,28). The van der Waals surface area contributed by atoms with Crippen molar-refractivity contribution in [2.45, 2.75) is 52.7 Å². The van der Waals surface area contributed by atoms with Crippen molar-refractivity contribution < 1.29 is 19.4 Å². The Balaban J connectivity index is 1.66. The molecule has 0 aliphatic rings. The van der Waals surface area contributed by atoms with Gasteiger partial charge < -0.3 is 14.6 Å². The van der Waals surface area contributed by atoms with Crippen LogP contribution in [-0.2, 0) is 17.8 Å². The normalized spacial score (nSPS) is 11.6. The van der Waals surface area contributed by atoms with Gasteiger partial charge in [-0.15, -0.1) is 0 Å². The van der Waals surface area contributed by atoms with Gasteiger partial charge in [0.2, 0.25) is 0 Å². The van der Waals surface area contributed by atoms with Gasteiger partial charge in [0.05, 0.1) is 12.2 Å². The molecule has 0 aliphatic heterocycles. The van der Waals surface area contributed by atoms with E-state index in [2.05, 4.69) is 22.1 Å². The SMILES string of the molecule is CCCc1n[nH]c2c(=O)n(CCOc3ccc(OC(C)(C)C(=O)O)cc3)c(C)nc12. The Hall–Kier alpha value is -3.36. The highest BCUT2D eigenvalue weighted by Gasteiger charge is 2.29. The van der Waals surface area contributed by atoms with Crippen LogP contribution in [0.15, 0.2) is 29.1 Å². The van der Waals surface area contributed by atoms with Gasteiger partial charge in [0, 0.05) is 0 Å². The molecule has 9 heteroatoms. The number of fused-ring (bicyclic) bond motifs is 1. The third-order valence-electron chi connectivity index (χ3n) is 4.72. The fraction of sp³-hybridized carbons (Fsp3) is 0.429. The minimum absolute atomic E-state index is 0.171. The Labute approximate surface area is 173 Å². The van der Waals surface area contributed by atoms with Crippen LogP contribution in [0.2, 0.25) is 0 Å². The summed E-state index contributed by atoms with van der Waals surface area (Å²) < 4.78 is 12.7. The van der Waals surface area contributed by atoms with Crippen LogP contribution in [0.5, 0.6) is 11.5 Å². The van der Waals surface area contributed by atoms with Crippen LogP contribution in [0.1, 0.15) is 38.7 Å². The van der Waals surface area contributed by atoms with Gasteiger partial charge in [-0.05, 0) is 51.5 Å². The van der Waals surface area contributed by atoms with Crippen molar-refractivity contribution in [3.8, 4) is 11.5 Å². The molecule has 1 aromatic carbocycles. The maximum absolute atomic E-state index is 12.8. The Morgan fingerprint density at radius 2 is 1.90 bits per heavy atom. The number of rotatable bonds is 9. The first kappa shape index (κ1) is 21.4. The lowest BCUT2D eigenvalue weighted by atomic mass is 10.1. The average molecular weight is 414 g/mol. The summed E-state index contributed by atoms with van der Waals surface area (Å²) in [4.78, 5) is 28.5. The predicted octanol–water partition coefficient (Wildman–Crippen LogP) is 2.70. The molecule has 0 amide bonds. The van der Waals surface area contributed by atoms with Gasteiger partial charge in [-0.25, -0.2) is 9.78 Å². The lowest BCUT2D eigenvalue weighted by molar-refractivity contribution is -0.152. The third kappa shape index (κ3) is 4.45. The number of aryl methyl sites for hydroxylation is 2. The van der Waals surface area contributed by atoms with Gasteiger partial charge in [0.25, 0.3) is 5.56 Å². The van der Waals surface area contributed by atoms with Crippen LogP contribution in [0, 0.1) is 6.92 Å². The van der Waals surface area contributed by atoms with Crippen molar-refractivity contribution in [3.63, 3.8) is 0 Å². The molecule has 0 spiro atoms. The number of aromatic amines is 1. The molecule has 0 bridgehead atoms. The highest BCUT2D eigenvalue weighted by atomic mass is 16.5. The monoisotopic (exact) mass is 414 g/mol. The summed E-state index contributed by atoms with van der Waals surface area (Å²) in [5, 5.41) is 16.2. The van der Waals surface area contributed by atoms with E-state index in [1.165, 1.54) is 13.8 Å². The first-order valence-corrected chi connectivity index (χ1v) is 9.82. The molecule has 3 aromatic rings. The number of nitrogens with one attached hydrogen (secondary N) is 1. The van der Waals surface area contributed by atoms with E-state index in [4.69, 9.17) is 14.6 Å². The lowest BCUT2D eigenvalue weighted by Gasteiger charge is -2.21. The summed E-state index contributed by atoms with van der Waals surface area (Å²) >= 11 is 0. The number of carbonyl (C=O) groups is 1. The highest BCUT2D eigenvalue weighted by molar-refractivity contribution is 5.77. The van der Waals surface area contributed by atoms with Gasteiger partial charge in [0.15, 0.2) is 5.60 Å². The highest BCUT2D eigenvalue weighted by Crippen LogP contribution is 2.22. The number of carboxylic acid groups (broad SMARTS) is 1. The van der Waals surface area contributed by atoms with E-state index in [0.717, 1.165) is 18.5 Å². The minimum Gasteiger partial charge on any atom is -0.492 e. The first-order valence-electron chi connectivity index (χ1n) is 9.82. The zero-order valence-corrected chi connectivity index (χ0v) is 17.6. The number of hydrogen-bond donors (Lipinski definition) is 2. The summed E-state index contributed by atoms with van der Waals surface area (Å²) in [5.74, 6) is 0.573. The molecule has 9 nitrogen and oxygen atoms in total. The van der Waals surface area contributed by atoms with E-state index in [-0.39, 0.29) is 12.2 Å². The number of ether oxygens (including phenoxy) is 2. The lowest BCUT2D eigenvalue weighted by Crippen LogP contribution is -2.37. The molecule has 160 valence electrons. The molecule has 0 fully saturated rings. The van der Waals surface area contributed by atoms with Crippen molar-refractivity contribution >= 4 is 17.0 Å². The van der Waals surface area contributed by atoms with E-state index < -0.39 is 11.6 Å². The van der Waals surface area contributed by atoms with Gasteiger partial charge in [0.1, 0.15) is 35.0 Å². The largest absolute Gasteiger partial charge is 0.492 e. The second-order valence-electron chi connectivity index (χ2n) is 7.50. The smallest absolute Gasteiger partial charge is 0.347 e. The second-order valence-corrected chi connectivity index (χ2v) is 7.50. The molecule has 2 N–H and O–H groups in total. The van der Waals surface area contributed by atoms with Crippen molar-refractivity contribution in [3.05, 3.63) is 46.1 Å². The summed E-state index contributed by atoms with van der Waals surface area (Å²) in [6.45, 7) is 7.41. The molecule has 30 heavy (non-hydrogen) atoms. The third-order valence-corrected chi connectivity index (χ3v) is 4.72. The maximum atomic E-state index is 12.8. The minimum atomic E-state index is -1.32. The zero-order valence-electron chi connectivity index (χ0n) is 17.6. The summed E-state index contributed by atoms with van der Waals surface area (Å²) in [5.41, 5.74) is 0.360. The van der Waals surface area contributed by atoms with E-state index in [0.29, 0.717) is 34.9 Å². The summed E-state index contributed by atoms with van der Waals surface area (Å²) in [6, 6.07) is 6.67. The molecule has 0 saturated carbocycles. The molecule has 0 saturated heterocycles. The molecule has 0 unspecified atom stereocenters. The van der Waals surface area contributed by atoms with Crippen molar-refractivity contribution in [2.75, 3.05) is 6.61 Å². The quantitative estimate of drug-likeness (QED) is 0.552. The molecule has 0 aliphatic carbocycles. The number of nitrogens with zero attached hydrogens (tertiary/aromatic N) is 3. The number of H-pyrrole nitrogens is 1. The van der Waals surface area contributed by atoms with Gasteiger partial charge in [-0.2, -0.15) is 5.10 Å². The van der Waals surface area contributed by atoms with E-state index >= 15 is 0 Å². The summed E-state index contributed by atoms with van der Waals surface area (Å²) in [7, 11) is 0. The van der Waals surface area contributed by atoms with Crippen LogP contribution in [-0.4, -0.2) is 43.0 Å². The molecular formula is C21H26N4O5. The van der Waals surface area contributed by atoms with Crippen LogP contribution in [0.25, 0.3) is 11.0 Å². The predicted molar refractivity (Wildman–Crippen MR) is 111 cm³/mol. The maximum Gasteiger partial charge on any atom is 0.347 e. The molecule has 0 radical (unpaired) electrons. The Bertz CT molecular complexity index is 1100. The number of benzene rings is 1. The van der Waals surface area contributed by atoms with E-state index in [9.17, 15) is 9.59 Å². The number of aliphatic carboxylic acids is 1. The number of aromatic nitrogens is 4. The molecule has 2 aromatic heterocycles. The molecule has 2 heterocycles. The first-order chi connectivity index (χ1) is 14.2. The van der Waals surface area contributed by atoms with Crippen LogP contribution >= 0.6 is 0 Å². The molecule has 3 rings (SSSR count). The zero-order chi connectivity index (χ0) is 21.9. The van der Waals surface area contributed by atoms with Crippen molar-refractivity contribution in [1.82, 2.24) is 19.7 Å². The van der Waals surface area contributed by atoms with Crippen LogP contribution in [0.4, 0.5) is 0 Å². The van der Waals surface area contributed by atoms with E-state index in [1.54, 1.807) is 35.8 Å². The number of hydrogen-bond acceptors (Lipinski definition) is 6. The van der Waals surface area contributed by atoms with Crippen LogP contribution < -0.4 is 15.0 Å².